The molecule has 0 aliphatic carbocycles. The first-order chi connectivity index (χ1) is 9.81. The molecular formula is C14H18Br2N4O. The van der Waals surface area contributed by atoms with Gasteiger partial charge in [-0.25, -0.2) is 4.68 Å². The van der Waals surface area contributed by atoms with Crippen LogP contribution in [0.25, 0.3) is 0 Å². The van der Waals surface area contributed by atoms with Gasteiger partial charge in [-0.2, -0.15) is 0 Å². The molecule has 1 heterocycles. The summed E-state index contributed by atoms with van der Waals surface area (Å²) in [5.74, 6) is 0.777. The van der Waals surface area contributed by atoms with E-state index in [1.165, 1.54) is 0 Å². The summed E-state index contributed by atoms with van der Waals surface area (Å²) in [5.41, 5.74) is 1.77. The topological polar surface area (TPSA) is 52.0 Å². The molecule has 0 radical (unpaired) electrons. The van der Waals surface area contributed by atoms with Crippen molar-refractivity contribution < 1.29 is 4.74 Å². The second-order valence-electron chi connectivity index (χ2n) is 5.65. The minimum Gasteiger partial charge on any atom is -0.495 e. The third kappa shape index (κ3) is 3.97. The maximum atomic E-state index is 5.30. The Morgan fingerprint density at radius 2 is 1.95 bits per heavy atom. The van der Waals surface area contributed by atoms with Gasteiger partial charge in [-0.15, -0.1) is 5.10 Å². The first-order valence-electron chi connectivity index (χ1n) is 6.50. The number of nitrogens with zero attached hydrogens (tertiary/aromatic N) is 3. The van der Waals surface area contributed by atoms with Gasteiger partial charge in [-0.3, -0.25) is 0 Å². The minimum absolute atomic E-state index is 0.0628. The summed E-state index contributed by atoms with van der Waals surface area (Å²) in [6.07, 6.45) is 1.96. The van der Waals surface area contributed by atoms with E-state index in [0.717, 1.165) is 26.1 Å². The van der Waals surface area contributed by atoms with Gasteiger partial charge in [0, 0.05) is 10.5 Å². The molecule has 2 rings (SSSR count). The minimum atomic E-state index is -0.0628. The van der Waals surface area contributed by atoms with E-state index in [9.17, 15) is 0 Å². The third-order valence-corrected chi connectivity index (χ3v) is 4.21. The van der Waals surface area contributed by atoms with E-state index in [0.29, 0.717) is 6.54 Å². The Balaban J connectivity index is 2.11. The maximum Gasteiger partial charge on any atom is 0.135 e. The van der Waals surface area contributed by atoms with Crippen molar-refractivity contribution in [3.63, 3.8) is 0 Å². The lowest BCUT2D eigenvalue weighted by Gasteiger charge is -2.17. The highest BCUT2D eigenvalue weighted by Crippen LogP contribution is 2.34. The lowest BCUT2D eigenvalue weighted by atomic mass is 10.1. The SMILES string of the molecule is COc1cc(NCc2cn(C(C)(C)C)nn2)c(Br)cc1Br. The summed E-state index contributed by atoms with van der Waals surface area (Å²) in [5, 5.41) is 11.7. The molecule has 0 atom stereocenters. The fraction of sp³-hybridized carbons (Fsp3) is 0.429. The number of nitrogens with one attached hydrogen (secondary N) is 1. The fourth-order valence-electron chi connectivity index (χ4n) is 1.71. The Labute approximate surface area is 141 Å². The Morgan fingerprint density at radius 3 is 2.52 bits per heavy atom. The normalized spacial score (nSPS) is 11.5. The van der Waals surface area contributed by atoms with Crippen LogP contribution in [0.2, 0.25) is 0 Å². The third-order valence-electron chi connectivity index (χ3n) is 2.93. The van der Waals surface area contributed by atoms with Crippen LogP contribution in [0.3, 0.4) is 0 Å². The fourth-order valence-corrected chi connectivity index (χ4v) is 3.01. The number of hydrogen-bond acceptors (Lipinski definition) is 4. The van der Waals surface area contributed by atoms with Crippen LogP contribution in [0.15, 0.2) is 27.3 Å². The van der Waals surface area contributed by atoms with Crippen molar-refractivity contribution in [2.24, 2.45) is 0 Å². The van der Waals surface area contributed by atoms with E-state index in [4.69, 9.17) is 4.74 Å². The molecule has 1 aromatic carbocycles. The van der Waals surface area contributed by atoms with E-state index >= 15 is 0 Å². The van der Waals surface area contributed by atoms with Gasteiger partial charge in [0.15, 0.2) is 0 Å². The number of anilines is 1. The lowest BCUT2D eigenvalue weighted by molar-refractivity contribution is 0.347. The molecule has 0 spiro atoms. The molecule has 0 saturated carbocycles. The molecule has 0 bridgehead atoms. The van der Waals surface area contributed by atoms with Crippen molar-refractivity contribution in [2.45, 2.75) is 32.9 Å². The van der Waals surface area contributed by atoms with E-state index < -0.39 is 0 Å². The zero-order valence-corrected chi connectivity index (χ0v) is 15.6. The number of halogens is 2. The number of aromatic nitrogens is 3. The first-order valence-corrected chi connectivity index (χ1v) is 8.08. The van der Waals surface area contributed by atoms with Crippen LogP contribution >= 0.6 is 31.9 Å². The molecular weight excluding hydrogens is 400 g/mol. The molecule has 0 aliphatic rings. The highest BCUT2D eigenvalue weighted by molar-refractivity contribution is 9.11. The van der Waals surface area contributed by atoms with Gasteiger partial charge in [-0.05, 0) is 58.7 Å². The monoisotopic (exact) mass is 416 g/mol. The maximum absolute atomic E-state index is 5.30. The standard InChI is InChI=1S/C14H18Br2N4O/c1-14(2,3)20-8-9(18-19-20)7-17-12-6-13(21-4)11(16)5-10(12)15/h5-6,8,17H,7H2,1-4H3. The van der Waals surface area contributed by atoms with Crippen molar-refractivity contribution in [3.8, 4) is 5.75 Å². The number of benzene rings is 1. The molecule has 7 heteroatoms. The number of hydrogen-bond donors (Lipinski definition) is 1. The van der Waals surface area contributed by atoms with Crippen LogP contribution in [-0.4, -0.2) is 22.1 Å². The van der Waals surface area contributed by atoms with Crippen LogP contribution in [0.5, 0.6) is 5.75 Å². The molecule has 1 aromatic heterocycles. The van der Waals surface area contributed by atoms with Crippen molar-refractivity contribution in [1.29, 1.82) is 0 Å². The molecule has 21 heavy (non-hydrogen) atoms. The molecule has 1 N–H and O–H groups in total. The highest BCUT2D eigenvalue weighted by Gasteiger charge is 2.15. The Bertz CT molecular complexity index is 634. The largest absolute Gasteiger partial charge is 0.495 e. The zero-order chi connectivity index (χ0) is 15.6. The van der Waals surface area contributed by atoms with Crippen LogP contribution < -0.4 is 10.1 Å². The predicted molar refractivity (Wildman–Crippen MR) is 90.7 cm³/mol. The van der Waals surface area contributed by atoms with E-state index in [-0.39, 0.29) is 5.54 Å². The molecule has 0 saturated heterocycles. The predicted octanol–water partition coefficient (Wildman–Crippen LogP) is 4.18. The molecule has 0 unspecified atom stereocenters. The highest BCUT2D eigenvalue weighted by atomic mass is 79.9. The summed E-state index contributed by atoms with van der Waals surface area (Å²) in [6.45, 7) is 6.87. The summed E-state index contributed by atoms with van der Waals surface area (Å²) in [4.78, 5) is 0. The zero-order valence-electron chi connectivity index (χ0n) is 12.4. The number of rotatable bonds is 4. The van der Waals surface area contributed by atoms with Crippen molar-refractivity contribution >= 4 is 37.5 Å². The summed E-state index contributed by atoms with van der Waals surface area (Å²) >= 11 is 6.99. The smallest absolute Gasteiger partial charge is 0.135 e. The molecule has 0 fully saturated rings. The van der Waals surface area contributed by atoms with Crippen LogP contribution in [-0.2, 0) is 12.1 Å². The summed E-state index contributed by atoms with van der Waals surface area (Å²) in [7, 11) is 1.65. The van der Waals surface area contributed by atoms with Crippen LogP contribution in [0.1, 0.15) is 26.5 Å². The average Bonchev–Trinajstić information content (AvgIpc) is 2.86. The van der Waals surface area contributed by atoms with E-state index in [2.05, 4.69) is 68.3 Å². The van der Waals surface area contributed by atoms with Gasteiger partial charge in [0.1, 0.15) is 11.4 Å². The van der Waals surface area contributed by atoms with Gasteiger partial charge in [0.2, 0.25) is 0 Å². The molecule has 0 aliphatic heterocycles. The Morgan fingerprint density at radius 1 is 1.24 bits per heavy atom. The number of ether oxygens (including phenoxy) is 1. The van der Waals surface area contributed by atoms with Gasteiger partial charge in [0.05, 0.1) is 35.6 Å². The summed E-state index contributed by atoms with van der Waals surface area (Å²) < 4.78 is 9.02. The van der Waals surface area contributed by atoms with Crippen molar-refractivity contribution in [3.05, 3.63) is 33.0 Å². The van der Waals surface area contributed by atoms with Gasteiger partial charge in [-0.1, -0.05) is 5.21 Å². The quantitative estimate of drug-likeness (QED) is 0.810. The summed E-state index contributed by atoms with van der Waals surface area (Å²) in [6, 6.07) is 3.88. The molecule has 0 amide bonds. The van der Waals surface area contributed by atoms with E-state index in [1.807, 2.05) is 23.0 Å². The molecule has 114 valence electrons. The van der Waals surface area contributed by atoms with Crippen LogP contribution in [0.4, 0.5) is 5.69 Å². The number of methoxy groups -OCH3 is 1. The van der Waals surface area contributed by atoms with E-state index in [1.54, 1.807) is 7.11 Å². The molecule has 2 aromatic rings. The second-order valence-corrected chi connectivity index (χ2v) is 7.35. The first kappa shape index (κ1) is 16.3. The average molecular weight is 418 g/mol. The van der Waals surface area contributed by atoms with Gasteiger partial charge >= 0.3 is 0 Å². The lowest BCUT2D eigenvalue weighted by Crippen LogP contribution is -2.22. The van der Waals surface area contributed by atoms with Gasteiger partial charge in [0.25, 0.3) is 0 Å². The second kappa shape index (κ2) is 6.36. The van der Waals surface area contributed by atoms with Crippen molar-refractivity contribution in [2.75, 3.05) is 12.4 Å². The van der Waals surface area contributed by atoms with Gasteiger partial charge < -0.3 is 10.1 Å². The Kier molecular flexibility index (Phi) is 4.93. The van der Waals surface area contributed by atoms with Crippen molar-refractivity contribution in [1.82, 2.24) is 15.0 Å². The molecule has 5 nitrogen and oxygen atoms in total. The van der Waals surface area contributed by atoms with Crippen LogP contribution in [0, 0.1) is 0 Å². The Hall–Kier alpha value is -1.08.